The van der Waals surface area contributed by atoms with Crippen LogP contribution in [-0.2, 0) is 16.0 Å². The summed E-state index contributed by atoms with van der Waals surface area (Å²) in [5, 5.41) is 6.88. The van der Waals surface area contributed by atoms with E-state index in [0.717, 1.165) is 11.1 Å². The normalized spacial score (nSPS) is 17.7. The van der Waals surface area contributed by atoms with Crippen LogP contribution in [0.1, 0.15) is 37.9 Å². The van der Waals surface area contributed by atoms with Gasteiger partial charge in [-0.3, -0.25) is 9.59 Å². The molecular formula is C29H38ClFN4O3. The number of rotatable bonds is 9. The highest BCUT2D eigenvalue weighted by atomic mass is 35.5. The zero-order chi connectivity index (χ0) is 27.4. The van der Waals surface area contributed by atoms with Crippen molar-refractivity contribution in [3.8, 4) is 5.75 Å². The monoisotopic (exact) mass is 544 g/mol. The van der Waals surface area contributed by atoms with E-state index in [-0.39, 0.29) is 41.4 Å². The number of nitrogens with zero attached hydrogens (tertiary/aromatic N) is 2. The molecule has 2 N–H and O–H groups in total. The zero-order valence-corrected chi connectivity index (χ0v) is 23.4. The maximum atomic E-state index is 15.3. The van der Waals surface area contributed by atoms with Gasteiger partial charge < -0.3 is 25.2 Å². The van der Waals surface area contributed by atoms with E-state index in [1.807, 2.05) is 42.7 Å². The van der Waals surface area contributed by atoms with Gasteiger partial charge in [-0.1, -0.05) is 50.6 Å². The molecule has 2 aromatic carbocycles. The summed E-state index contributed by atoms with van der Waals surface area (Å²) in [4.78, 5) is 29.9. The Balaban J connectivity index is 1.44. The second-order valence-corrected chi connectivity index (χ2v) is 11.1. The number of amides is 2. The van der Waals surface area contributed by atoms with Crippen LogP contribution in [-0.4, -0.2) is 63.1 Å². The van der Waals surface area contributed by atoms with Crippen molar-refractivity contribution < 1.29 is 18.7 Å². The molecule has 2 heterocycles. The number of benzene rings is 2. The predicted octanol–water partition coefficient (Wildman–Crippen LogP) is 4.05. The van der Waals surface area contributed by atoms with Gasteiger partial charge in [0.2, 0.25) is 11.8 Å². The lowest BCUT2D eigenvalue weighted by molar-refractivity contribution is -0.135. The van der Waals surface area contributed by atoms with E-state index in [4.69, 9.17) is 16.3 Å². The van der Waals surface area contributed by atoms with Gasteiger partial charge in [-0.25, -0.2) is 4.39 Å². The molecule has 0 spiro atoms. The van der Waals surface area contributed by atoms with Crippen molar-refractivity contribution in [1.82, 2.24) is 15.5 Å². The first-order chi connectivity index (χ1) is 18.2. The molecule has 0 aromatic heterocycles. The van der Waals surface area contributed by atoms with E-state index in [2.05, 4.69) is 10.6 Å². The number of methoxy groups -OCH3 is 1. The standard InChI is InChI=1S/C29H38ClFN4O3/c1-18(2)26(33-28(36)21-16-32-17-21)23-6-5-7-24(31)27(23)34-10-12-35(13-11-34)29(37)19(3)14-20-8-9-22(30)15-25(20)38-4/h5-9,15,18-19,21,26,32H,10-14,16-17H2,1-4H3,(H,33,36)/t19-,26+/m1/s1. The van der Waals surface area contributed by atoms with Crippen molar-refractivity contribution in [1.29, 1.82) is 0 Å². The lowest BCUT2D eigenvalue weighted by atomic mass is 9.92. The summed E-state index contributed by atoms with van der Waals surface area (Å²) in [6.07, 6.45) is 0.545. The third-order valence-electron chi connectivity index (χ3n) is 7.57. The van der Waals surface area contributed by atoms with Crippen LogP contribution in [0, 0.1) is 23.6 Å². The summed E-state index contributed by atoms with van der Waals surface area (Å²) >= 11 is 6.08. The summed E-state index contributed by atoms with van der Waals surface area (Å²) in [5.74, 6) is 0.238. The van der Waals surface area contributed by atoms with Crippen LogP contribution in [0.3, 0.4) is 0 Å². The van der Waals surface area contributed by atoms with Gasteiger partial charge in [-0.2, -0.15) is 0 Å². The van der Waals surface area contributed by atoms with Crippen LogP contribution in [0.2, 0.25) is 5.02 Å². The molecule has 0 radical (unpaired) electrons. The summed E-state index contributed by atoms with van der Waals surface area (Å²) in [6.45, 7) is 9.37. The van der Waals surface area contributed by atoms with Crippen LogP contribution in [0.25, 0.3) is 0 Å². The Morgan fingerprint density at radius 2 is 1.84 bits per heavy atom. The fraction of sp³-hybridized carbons (Fsp3) is 0.517. The Kier molecular flexibility index (Phi) is 9.15. The number of piperazine rings is 1. The van der Waals surface area contributed by atoms with Gasteiger partial charge in [-0.15, -0.1) is 0 Å². The predicted molar refractivity (Wildman–Crippen MR) is 148 cm³/mol. The second-order valence-electron chi connectivity index (χ2n) is 10.6. The largest absolute Gasteiger partial charge is 0.496 e. The quantitative estimate of drug-likeness (QED) is 0.498. The molecule has 0 aliphatic carbocycles. The molecule has 0 unspecified atom stereocenters. The average Bonchev–Trinajstić information content (AvgIpc) is 2.86. The van der Waals surface area contributed by atoms with Crippen molar-refractivity contribution in [2.75, 3.05) is 51.3 Å². The van der Waals surface area contributed by atoms with Gasteiger partial charge in [0, 0.05) is 55.8 Å². The average molecular weight is 545 g/mol. The Morgan fingerprint density at radius 3 is 2.45 bits per heavy atom. The Bertz CT molecular complexity index is 1150. The summed E-state index contributed by atoms with van der Waals surface area (Å²) in [5.41, 5.74) is 2.24. The minimum Gasteiger partial charge on any atom is -0.496 e. The maximum absolute atomic E-state index is 15.3. The molecule has 38 heavy (non-hydrogen) atoms. The smallest absolute Gasteiger partial charge is 0.226 e. The number of nitrogens with one attached hydrogen (secondary N) is 2. The molecule has 2 atom stereocenters. The topological polar surface area (TPSA) is 73.9 Å². The lowest BCUT2D eigenvalue weighted by Gasteiger charge is -2.39. The molecule has 0 bridgehead atoms. The highest BCUT2D eigenvalue weighted by molar-refractivity contribution is 6.30. The van der Waals surface area contributed by atoms with Crippen molar-refractivity contribution in [2.24, 2.45) is 17.8 Å². The SMILES string of the molecule is COc1cc(Cl)ccc1C[C@@H](C)C(=O)N1CCN(c2c(F)cccc2[C@@H](NC(=O)C2CNC2)C(C)C)CC1. The third-order valence-corrected chi connectivity index (χ3v) is 7.81. The van der Waals surface area contributed by atoms with Crippen LogP contribution < -0.4 is 20.3 Å². The summed E-state index contributed by atoms with van der Waals surface area (Å²) in [6, 6.07) is 10.2. The molecule has 4 rings (SSSR count). The fourth-order valence-electron chi connectivity index (χ4n) is 5.23. The van der Waals surface area contributed by atoms with Crippen molar-refractivity contribution in [3.05, 3.63) is 58.4 Å². The number of para-hydroxylation sites is 1. The molecule has 2 aromatic rings. The van der Waals surface area contributed by atoms with Crippen LogP contribution in [0.5, 0.6) is 5.75 Å². The Hall–Kier alpha value is -2.84. The van der Waals surface area contributed by atoms with Gasteiger partial charge in [0.05, 0.1) is 24.8 Å². The molecule has 2 amide bonds. The first kappa shape index (κ1) is 28.2. The van der Waals surface area contributed by atoms with Crippen molar-refractivity contribution in [2.45, 2.75) is 33.2 Å². The number of anilines is 1. The van der Waals surface area contributed by atoms with Gasteiger partial charge in [0.1, 0.15) is 11.6 Å². The number of carbonyl (C=O) groups excluding carboxylic acids is 2. The van der Waals surface area contributed by atoms with Gasteiger partial charge in [-0.05, 0) is 36.1 Å². The van der Waals surface area contributed by atoms with E-state index < -0.39 is 0 Å². The van der Waals surface area contributed by atoms with Crippen molar-refractivity contribution >= 4 is 29.1 Å². The minimum atomic E-state index is -0.310. The fourth-order valence-corrected chi connectivity index (χ4v) is 5.39. The first-order valence-electron chi connectivity index (χ1n) is 13.3. The van der Waals surface area contributed by atoms with E-state index in [0.29, 0.717) is 62.1 Å². The Labute approximate surface area is 229 Å². The van der Waals surface area contributed by atoms with E-state index in [1.54, 1.807) is 25.3 Å². The van der Waals surface area contributed by atoms with E-state index >= 15 is 4.39 Å². The van der Waals surface area contributed by atoms with Crippen LogP contribution in [0.15, 0.2) is 36.4 Å². The summed E-state index contributed by atoms with van der Waals surface area (Å²) in [7, 11) is 1.59. The maximum Gasteiger partial charge on any atom is 0.226 e. The molecule has 2 aliphatic rings. The highest BCUT2D eigenvalue weighted by Gasteiger charge is 2.32. The minimum absolute atomic E-state index is 0.000572. The number of hydrogen-bond donors (Lipinski definition) is 2. The molecule has 7 nitrogen and oxygen atoms in total. The lowest BCUT2D eigenvalue weighted by Crippen LogP contribution is -2.52. The number of hydrogen-bond acceptors (Lipinski definition) is 5. The molecule has 2 fully saturated rings. The number of carbonyl (C=O) groups is 2. The number of halogens is 2. The van der Waals surface area contributed by atoms with Crippen LogP contribution in [0.4, 0.5) is 10.1 Å². The molecule has 206 valence electrons. The van der Waals surface area contributed by atoms with Gasteiger partial charge in [0.15, 0.2) is 0 Å². The molecule has 2 aliphatic heterocycles. The third kappa shape index (κ3) is 6.24. The van der Waals surface area contributed by atoms with E-state index in [1.165, 1.54) is 6.07 Å². The summed E-state index contributed by atoms with van der Waals surface area (Å²) < 4.78 is 20.7. The molecular weight excluding hydrogens is 507 g/mol. The van der Waals surface area contributed by atoms with Crippen LogP contribution >= 0.6 is 11.6 Å². The first-order valence-corrected chi connectivity index (χ1v) is 13.7. The molecule has 0 saturated carbocycles. The van der Waals surface area contributed by atoms with Crippen molar-refractivity contribution in [3.63, 3.8) is 0 Å². The van der Waals surface area contributed by atoms with Gasteiger partial charge >= 0.3 is 0 Å². The second kappa shape index (κ2) is 12.3. The zero-order valence-electron chi connectivity index (χ0n) is 22.6. The number of ether oxygens (including phenoxy) is 1. The Morgan fingerprint density at radius 1 is 1.13 bits per heavy atom. The van der Waals surface area contributed by atoms with E-state index in [9.17, 15) is 9.59 Å². The highest BCUT2D eigenvalue weighted by Crippen LogP contribution is 2.34. The molecule has 2 saturated heterocycles. The van der Waals surface area contributed by atoms with Gasteiger partial charge in [0.25, 0.3) is 0 Å². The molecule has 9 heteroatoms.